The minimum Gasteiger partial charge on any atom is -0.756 e. The van der Waals surface area contributed by atoms with Crippen LogP contribution in [0.5, 0.6) is 0 Å². The summed E-state index contributed by atoms with van der Waals surface area (Å²) in [6.45, 7) is -0.118. The zero-order chi connectivity index (χ0) is 25.8. The van der Waals surface area contributed by atoms with Crippen molar-refractivity contribution in [1.82, 2.24) is 19.5 Å². The maximum absolute atomic E-state index is 12.6. The number of phosphoric acid groups is 1. The molecule has 198 valence electrons. The fourth-order valence-corrected chi connectivity index (χ4v) is 4.68. The lowest BCUT2D eigenvalue weighted by Gasteiger charge is -2.23. The number of thioether (sulfide) groups is 2. The molecule has 0 saturated carbocycles. The first kappa shape index (κ1) is 28.4. The molecule has 0 aliphatic carbocycles. The molecule has 5 atom stereocenters. The highest BCUT2D eigenvalue weighted by Crippen LogP contribution is 2.39. The van der Waals surface area contributed by atoms with Gasteiger partial charge in [-0.05, 0) is 6.26 Å². The molecule has 35 heavy (non-hydrogen) atoms. The number of nitrogens with zero attached hydrogens (tertiary/aromatic N) is 4. The summed E-state index contributed by atoms with van der Waals surface area (Å²) in [5, 5.41) is 24.0. The highest BCUT2D eigenvalue weighted by Gasteiger charge is 2.45. The number of anilines is 1. The lowest BCUT2D eigenvalue weighted by atomic mass is 10.1. The number of rotatable bonds is 12. The quantitative estimate of drug-likeness (QED) is 0.147. The van der Waals surface area contributed by atoms with Crippen molar-refractivity contribution in [2.45, 2.75) is 42.3 Å². The normalized spacial score (nSPS) is 24.7. The number of fused-ring (bicyclic) bond motifs is 1. The van der Waals surface area contributed by atoms with E-state index < -0.39 is 51.6 Å². The minimum absolute atomic E-state index is 0.0514. The van der Waals surface area contributed by atoms with Gasteiger partial charge in [0.15, 0.2) is 28.4 Å². The van der Waals surface area contributed by atoms with Gasteiger partial charge in [0.1, 0.15) is 18.3 Å². The lowest BCUT2D eigenvalue weighted by Crippen LogP contribution is -2.34. The van der Waals surface area contributed by atoms with Crippen LogP contribution < -0.4 is 10.2 Å². The van der Waals surface area contributed by atoms with Gasteiger partial charge in [-0.3, -0.25) is 9.13 Å². The Morgan fingerprint density at radius 3 is 2.71 bits per heavy atom. The molecule has 18 heteroatoms. The minimum atomic E-state index is -4.60. The van der Waals surface area contributed by atoms with E-state index in [4.69, 9.17) is 4.74 Å². The number of imidazole rings is 1. The van der Waals surface area contributed by atoms with E-state index in [-0.39, 0.29) is 27.9 Å². The average molecular weight is 563 g/mol. The Hall–Kier alpha value is -1.17. The first-order valence-corrected chi connectivity index (χ1v) is 14.0. The molecule has 0 bridgehead atoms. The maximum Gasteiger partial charge on any atom is 0.389 e. The molecule has 12 nitrogen and oxygen atoms in total. The molecule has 2 aromatic heterocycles. The smallest absolute Gasteiger partial charge is 0.389 e. The van der Waals surface area contributed by atoms with Crippen LogP contribution in [-0.4, -0.2) is 92.2 Å². The van der Waals surface area contributed by atoms with Gasteiger partial charge in [0.2, 0.25) is 0 Å². The molecule has 0 aromatic carbocycles. The van der Waals surface area contributed by atoms with Crippen LogP contribution in [0.3, 0.4) is 0 Å². The number of nitrogens with one attached hydrogen (secondary N) is 1. The molecular formula is C17H24F3N5O7PS2-. The summed E-state index contributed by atoms with van der Waals surface area (Å²) >= 11 is 2.38. The lowest BCUT2D eigenvalue weighted by molar-refractivity contribution is -0.226. The monoisotopic (exact) mass is 562 g/mol. The second kappa shape index (κ2) is 11.9. The number of hydrogen-bond donors (Lipinski definition) is 3. The number of aliphatic hydroxyl groups is 2. The fourth-order valence-electron chi connectivity index (χ4n) is 3.11. The Bertz CT molecular complexity index is 1050. The van der Waals surface area contributed by atoms with Crippen LogP contribution in [0.2, 0.25) is 0 Å². The van der Waals surface area contributed by atoms with E-state index in [0.717, 1.165) is 24.6 Å². The van der Waals surface area contributed by atoms with Gasteiger partial charge in [0.05, 0.1) is 19.4 Å². The van der Waals surface area contributed by atoms with Crippen LogP contribution >= 0.6 is 31.3 Å². The van der Waals surface area contributed by atoms with E-state index in [1.54, 1.807) is 11.8 Å². The Balaban J connectivity index is 1.87. The topological polar surface area (TPSA) is 164 Å². The van der Waals surface area contributed by atoms with Crippen molar-refractivity contribution in [2.24, 2.45) is 0 Å². The Labute approximate surface area is 206 Å². The van der Waals surface area contributed by atoms with Gasteiger partial charge in [0, 0.05) is 25.2 Å². The van der Waals surface area contributed by atoms with E-state index in [2.05, 4.69) is 29.3 Å². The zero-order valence-corrected chi connectivity index (χ0v) is 21.1. The Morgan fingerprint density at radius 1 is 1.31 bits per heavy atom. The molecule has 3 N–H and O–H groups in total. The van der Waals surface area contributed by atoms with Gasteiger partial charge in [-0.1, -0.05) is 11.8 Å². The van der Waals surface area contributed by atoms with Crippen LogP contribution in [-0.2, 0) is 18.3 Å². The van der Waals surface area contributed by atoms with Crippen LogP contribution in [0.4, 0.5) is 19.0 Å². The third-order valence-electron chi connectivity index (χ3n) is 4.85. The van der Waals surface area contributed by atoms with Crippen LogP contribution in [0, 0.1) is 0 Å². The largest absolute Gasteiger partial charge is 0.756 e. The molecule has 1 aliphatic heterocycles. The highest BCUT2D eigenvalue weighted by molar-refractivity contribution is 7.99. The van der Waals surface area contributed by atoms with Gasteiger partial charge >= 0.3 is 6.18 Å². The van der Waals surface area contributed by atoms with E-state index in [1.165, 1.54) is 10.9 Å². The van der Waals surface area contributed by atoms with Crippen molar-refractivity contribution in [1.29, 1.82) is 0 Å². The summed E-state index contributed by atoms with van der Waals surface area (Å²) in [5.74, 6) is 0.715. The predicted molar refractivity (Wildman–Crippen MR) is 120 cm³/mol. The summed E-state index contributed by atoms with van der Waals surface area (Å²) in [6.07, 6.45) is -7.67. The second-order valence-corrected chi connectivity index (χ2v) is 10.8. The van der Waals surface area contributed by atoms with Crippen molar-refractivity contribution in [3.05, 3.63) is 6.33 Å². The van der Waals surface area contributed by atoms with Gasteiger partial charge < -0.3 is 34.2 Å². The van der Waals surface area contributed by atoms with Crippen molar-refractivity contribution in [3.63, 3.8) is 0 Å². The van der Waals surface area contributed by atoms with Crippen LogP contribution in [0.1, 0.15) is 12.6 Å². The van der Waals surface area contributed by atoms with Crippen molar-refractivity contribution >= 4 is 48.3 Å². The number of aromatic nitrogens is 4. The Kier molecular flexibility index (Phi) is 9.67. The first-order chi connectivity index (χ1) is 16.5. The zero-order valence-electron chi connectivity index (χ0n) is 18.5. The fraction of sp³-hybridized carbons (Fsp3) is 0.706. The van der Waals surface area contributed by atoms with Crippen molar-refractivity contribution in [3.8, 4) is 0 Å². The molecule has 1 saturated heterocycles. The molecule has 3 heterocycles. The van der Waals surface area contributed by atoms with Gasteiger partial charge in [-0.2, -0.15) is 24.9 Å². The second-order valence-electron chi connectivity index (χ2n) is 7.28. The SMILES string of the molecule is COP(=O)([O-])OCC1O[C@@H](n2cnc3c(NCCSC)nc(SCCC(F)(F)F)nc32)[C@H](O)[C@@H]1O. The molecule has 2 aromatic rings. The first-order valence-electron chi connectivity index (χ1n) is 10.2. The molecule has 2 unspecified atom stereocenters. The third kappa shape index (κ3) is 7.42. The van der Waals surface area contributed by atoms with Crippen LogP contribution in [0.25, 0.3) is 11.2 Å². The summed E-state index contributed by atoms with van der Waals surface area (Å²) in [5.41, 5.74) is 0.421. The highest BCUT2D eigenvalue weighted by atomic mass is 32.2. The molecule has 1 fully saturated rings. The molecule has 0 radical (unpaired) electrons. The van der Waals surface area contributed by atoms with Crippen molar-refractivity contribution < 1.29 is 46.6 Å². The van der Waals surface area contributed by atoms with E-state index in [9.17, 15) is 32.8 Å². The molecule has 0 spiro atoms. The number of aliphatic hydroxyl groups excluding tert-OH is 2. The van der Waals surface area contributed by atoms with E-state index in [0.29, 0.717) is 6.54 Å². The average Bonchev–Trinajstić information content (AvgIpc) is 3.33. The molecule has 0 amide bonds. The van der Waals surface area contributed by atoms with Crippen molar-refractivity contribution in [2.75, 3.05) is 43.3 Å². The maximum atomic E-state index is 12.6. The molecular weight excluding hydrogens is 538 g/mol. The van der Waals surface area contributed by atoms with Gasteiger partial charge in [-0.25, -0.2) is 15.0 Å². The Morgan fingerprint density at radius 2 is 2.06 bits per heavy atom. The van der Waals surface area contributed by atoms with E-state index >= 15 is 0 Å². The summed E-state index contributed by atoms with van der Waals surface area (Å²) in [7, 11) is -3.69. The van der Waals surface area contributed by atoms with Gasteiger partial charge in [-0.15, -0.1) is 0 Å². The summed E-state index contributed by atoms with van der Waals surface area (Å²) in [6, 6.07) is 0. The molecule has 3 rings (SSSR count). The summed E-state index contributed by atoms with van der Waals surface area (Å²) in [4.78, 5) is 24.3. The number of hydrogen-bond acceptors (Lipinski definition) is 13. The number of phosphoric ester groups is 1. The standard InChI is InChI=1S/C17H25F3N5O7PS2/c1-30-33(28,29)31-7-9-11(26)12(27)15(32-9)25-8-22-10-13(21-4-6-34-2)23-16(24-14(10)25)35-5-3-17(18,19)20/h8-9,11-12,15,26-27H,3-7H2,1-2H3,(H,28,29)(H,21,23,24)/p-1/t9?,11-,12-,15-/m1/s1. The number of ether oxygens (including phenoxy) is 1. The summed E-state index contributed by atoms with van der Waals surface area (Å²) < 4.78 is 64.9. The molecule has 1 aliphatic rings. The van der Waals surface area contributed by atoms with Gasteiger partial charge in [0.25, 0.3) is 7.82 Å². The van der Waals surface area contributed by atoms with Crippen LogP contribution in [0.15, 0.2) is 11.5 Å². The third-order valence-corrected chi connectivity index (χ3v) is 7.22. The number of alkyl halides is 3. The predicted octanol–water partition coefficient (Wildman–Crippen LogP) is 1.40. The number of halogens is 3. The van der Waals surface area contributed by atoms with E-state index in [1.807, 2.05) is 6.26 Å².